The number of hydrogen-bond acceptors (Lipinski definition) is 2. The molecule has 1 aromatic carbocycles. The average Bonchev–Trinajstić information content (AvgIpc) is 2.71. The Morgan fingerprint density at radius 2 is 2.11 bits per heavy atom. The number of aromatic nitrogens is 2. The SMILES string of the molecule is C#CCn1cnc(-c2cccc(C(F)(F)F)c2)c1N. The molecule has 3 nitrogen and oxygen atoms in total. The molecule has 98 valence electrons. The Bertz CT molecular complexity index is 635. The van der Waals surface area contributed by atoms with E-state index in [-0.39, 0.29) is 12.4 Å². The summed E-state index contributed by atoms with van der Waals surface area (Å²) < 4.78 is 39.4. The molecule has 0 unspecified atom stereocenters. The lowest BCUT2D eigenvalue weighted by Crippen LogP contribution is -2.05. The van der Waals surface area contributed by atoms with E-state index in [2.05, 4.69) is 10.9 Å². The Hall–Kier alpha value is -2.42. The summed E-state index contributed by atoms with van der Waals surface area (Å²) in [7, 11) is 0. The molecule has 6 heteroatoms. The van der Waals surface area contributed by atoms with Crippen LogP contribution < -0.4 is 5.73 Å². The quantitative estimate of drug-likeness (QED) is 0.848. The first-order valence-corrected chi connectivity index (χ1v) is 5.35. The monoisotopic (exact) mass is 265 g/mol. The first-order chi connectivity index (χ1) is 8.93. The van der Waals surface area contributed by atoms with Crippen molar-refractivity contribution in [2.75, 3.05) is 5.73 Å². The van der Waals surface area contributed by atoms with Crippen molar-refractivity contribution in [2.24, 2.45) is 0 Å². The number of imidazole rings is 1. The van der Waals surface area contributed by atoms with Crippen LogP contribution in [0.4, 0.5) is 19.0 Å². The standard InChI is InChI=1S/C13H10F3N3/c1-2-6-19-8-18-11(12(19)17)9-4-3-5-10(7-9)13(14,15)16/h1,3-5,7-8H,6,17H2. The van der Waals surface area contributed by atoms with E-state index in [0.717, 1.165) is 12.1 Å². The molecule has 0 radical (unpaired) electrons. The van der Waals surface area contributed by atoms with Crippen LogP contribution in [-0.2, 0) is 12.7 Å². The number of halogens is 3. The second-order valence-electron chi connectivity index (χ2n) is 3.89. The molecule has 0 aliphatic heterocycles. The minimum absolute atomic E-state index is 0.220. The van der Waals surface area contributed by atoms with Crippen molar-refractivity contribution < 1.29 is 13.2 Å². The third-order valence-corrected chi connectivity index (χ3v) is 2.60. The van der Waals surface area contributed by atoms with E-state index < -0.39 is 11.7 Å². The van der Waals surface area contributed by atoms with E-state index >= 15 is 0 Å². The number of nitrogen functional groups attached to an aromatic ring is 1. The predicted octanol–water partition coefficient (Wildman–Crippen LogP) is 2.78. The summed E-state index contributed by atoms with van der Waals surface area (Å²) in [5, 5.41) is 0. The van der Waals surface area contributed by atoms with Crippen LogP contribution in [0, 0.1) is 12.3 Å². The van der Waals surface area contributed by atoms with Crippen LogP contribution in [0.3, 0.4) is 0 Å². The lowest BCUT2D eigenvalue weighted by molar-refractivity contribution is -0.137. The van der Waals surface area contributed by atoms with Gasteiger partial charge in [-0.15, -0.1) is 6.42 Å². The van der Waals surface area contributed by atoms with Crippen LogP contribution in [0.5, 0.6) is 0 Å². The largest absolute Gasteiger partial charge is 0.416 e. The smallest absolute Gasteiger partial charge is 0.383 e. The maximum absolute atomic E-state index is 12.6. The number of rotatable bonds is 2. The van der Waals surface area contributed by atoms with E-state index in [4.69, 9.17) is 12.2 Å². The van der Waals surface area contributed by atoms with E-state index in [1.54, 1.807) is 0 Å². The number of benzene rings is 1. The molecular formula is C13H10F3N3. The molecule has 0 aliphatic carbocycles. The van der Waals surface area contributed by atoms with Crippen molar-refractivity contribution in [2.45, 2.75) is 12.7 Å². The summed E-state index contributed by atoms with van der Waals surface area (Å²) in [5.74, 6) is 2.64. The lowest BCUT2D eigenvalue weighted by atomic mass is 10.1. The van der Waals surface area contributed by atoms with Gasteiger partial charge in [0.15, 0.2) is 0 Å². The van der Waals surface area contributed by atoms with Gasteiger partial charge in [-0.05, 0) is 12.1 Å². The van der Waals surface area contributed by atoms with Gasteiger partial charge in [0.2, 0.25) is 0 Å². The van der Waals surface area contributed by atoms with E-state index in [1.807, 2.05) is 0 Å². The van der Waals surface area contributed by atoms with E-state index in [0.29, 0.717) is 11.3 Å². The van der Waals surface area contributed by atoms with Gasteiger partial charge in [-0.25, -0.2) is 4.98 Å². The van der Waals surface area contributed by atoms with Crippen molar-refractivity contribution in [1.82, 2.24) is 9.55 Å². The number of anilines is 1. The number of hydrogen-bond donors (Lipinski definition) is 1. The molecule has 1 aromatic heterocycles. The number of nitrogens with two attached hydrogens (primary N) is 1. The Morgan fingerprint density at radius 1 is 1.37 bits per heavy atom. The van der Waals surface area contributed by atoms with Crippen molar-refractivity contribution in [3.8, 4) is 23.6 Å². The summed E-state index contributed by atoms with van der Waals surface area (Å²) in [6.45, 7) is 0.220. The lowest BCUT2D eigenvalue weighted by Gasteiger charge is -2.08. The van der Waals surface area contributed by atoms with Crippen molar-refractivity contribution in [3.05, 3.63) is 36.2 Å². The highest BCUT2D eigenvalue weighted by atomic mass is 19.4. The first kappa shape index (κ1) is 13.0. The van der Waals surface area contributed by atoms with Crippen molar-refractivity contribution in [3.63, 3.8) is 0 Å². The molecule has 0 saturated carbocycles. The van der Waals surface area contributed by atoms with Gasteiger partial charge in [-0.2, -0.15) is 13.2 Å². The van der Waals surface area contributed by atoms with Gasteiger partial charge in [0, 0.05) is 5.56 Å². The molecule has 2 aromatic rings. The Morgan fingerprint density at radius 3 is 2.74 bits per heavy atom. The molecule has 0 spiro atoms. The summed E-state index contributed by atoms with van der Waals surface area (Å²) in [6.07, 6.45) is 2.17. The minimum Gasteiger partial charge on any atom is -0.383 e. The van der Waals surface area contributed by atoms with Crippen LogP contribution in [0.1, 0.15) is 5.56 Å². The van der Waals surface area contributed by atoms with Crippen LogP contribution in [0.2, 0.25) is 0 Å². The zero-order chi connectivity index (χ0) is 14.0. The molecule has 0 saturated heterocycles. The highest BCUT2D eigenvalue weighted by molar-refractivity contribution is 5.71. The highest BCUT2D eigenvalue weighted by Gasteiger charge is 2.30. The normalized spacial score (nSPS) is 11.3. The molecule has 0 bridgehead atoms. The third-order valence-electron chi connectivity index (χ3n) is 2.60. The maximum atomic E-state index is 12.6. The van der Waals surface area contributed by atoms with Crippen molar-refractivity contribution >= 4 is 5.82 Å². The minimum atomic E-state index is -4.40. The van der Waals surface area contributed by atoms with E-state index in [1.165, 1.54) is 23.0 Å². The second kappa shape index (κ2) is 4.69. The summed E-state index contributed by atoms with van der Waals surface area (Å²) in [6, 6.07) is 4.85. The fourth-order valence-corrected chi connectivity index (χ4v) is 1.68. The van der Waals surface area contributed by atoms with Crippen LogP contribution in [-0.4, -0.2) is 9.55 Å². The maximum Gasteiger partial charge on any atom is 0.416 e. The number of terminal acetylenes is 1. The molecular weight excluding hydrogens is 255 g/mol. The van der Waals surface area contributed by atoms with Crippen LogP contribution in [0.25, 0.3) is 11.3 Å². The summed E-state index contributed by atoms with van der Waals surface area (Å²) in [4.78, 5) is 4.00. The van der Waals surface area contributed by atoms with Crippen LogP contribution >= 0.6 is 0 Å². The van der Waals surface area contributed by atoms with Crippen LogP contribution in [0.15, 0.2) is 30.6 Å². The fraction of sp³-hybridized carbons (Fsp3) is 0.154. The third kappa shape index (κ3) is 2.55. The summed E-state index contributed by atoms with van der Waals surface area (Å²) >= 11 is 0. The van der Waals surface area contributed by atoms with Gasteiger partial charge in [0.05, 0.1) is 18.4 Å². The highest BCUT2D eigenvalue weighted by Crippen LogP contribution is 2.33. The molecule has 2 rings (SSSR count). The molecule has 0 amide bonds. The molecule has 19 heavy (non-hydrogen) atoms. The number of nitrogens with zero attached hydrogens (tertiary/aromatic N) is 2. The van der Waals surface area contributed by atoms with Gasteiger partial charge >= 0.3 is 6.18 Å². The molecule has 0 fully saturated rings. The summed E-state index contributed by atoms with van der Waals surface area (Å²) in [5.41, 5.74) is 5.67. The number of alkyl halides is 3. The van der Waals surface area contributed by atoms with Gasteiger partial charge in [0.1, 0.15) is 11.5 Å². The average molecular weight is 265 g/mol. The molecule has 2 N–H and O–H groups in total. The van der Waals surface area contributed by atoms with Crippen molar-refractivity contribution in [1.29, 1.82) is 0 Å². The molecule has 0 aliphatic rings. The Balaban J connectivity index is 2.46. The fourth-order valence-electron chi connectivity index (χ4n) is 1.68. The zero-order valence-corrected chi connectivity index (χ0v) is 9.78. The van der Waals surface area contributed by atoms with Gasteiger partial charge in [0.25, 0.3) is 0 Å². The van der Waals surface area contributed by atoms with E-state index in [9.17, 15) is 13.2 Å². The Kier molecular flexibility index (Phi) is 3.21. The van der Waals surface area contributed by atoms with Gasteiger partial charge in [-0.3, -0.25) is 0 Å². The topological polar surface area (TPSA) is 43.8 Å². The first-order valence-electron chi connectivity index (χ1n) is 5.35. The van der Waals surface area contributed by atoms with Gasteiger partial charge < -0.3 is 10.3 Å². The molecule has 0 atom stereocenters. The zero-order valence-electron chi connectivity index (χ0n) is 9.78. The van der Waals surface area contributed by atoms with Gasteiger partial charge in [-0.1, -0.05) is 18.1 Å². The predicted molar refractivity (Wildman–Crippen MR) is 65.9 cm³/mol. The Labute approximate surface area is 107 Å². The second-order valence-corrected chi connectivity index (χ2v) is 3.89. The molecule has 1 heterocycles.